The van der Waals surface area contributed by atoms with Crippen molar-refractivity contribution in [2.45, 2.75) is 12.5 Å². The molecule has 0 N–H and O–H groups in total. The summed E-state index contributed by atoms with van der Waals surface area (Å²) in [4.78, 5) is 13.4. The van der Waals surface area contributed by atoms with Gasteiger partial charge in [-0.2, -0.15) is 4.68 Å². The van der Waals surface area contributed by atoms with Gasteiger partial charge in [-0.05, 0) is 29.8 Å². The van der Waals surface area contributed by atoms with E-state index in [0.717, 1.165) is 16.3 Å². The maximum Gasteiger partial charge on any atom is 0.285 e. The second-order valence-electron chi connectivity index (χ2n) is 6.06. The number of carbonyl (C=O) groups excluding carboxylic acids is 1. The standard InChI is InChI=1S/C20H17N3O2/c1-20(25-2,16-11-7-9-14-8-3-4-10-15(14)16)19(24)23-18-13-6-5-12-17(18)21-22-23/h3-13H,1-2H3. The molecule has 5 heteroatoms. The average molecular weight is 331 g/mol. The summed E-state index contributed by atoms with van der Waals surface area (Å²) in [6.45, 7) is 1.77. The van der Waals surface area contributed by atoms with E-state index in [1.165, 1.54) is 4.68 Å². The zero-order chi connectivity index (χ0) is 17.4. The van der Waals surface area contributed by atoms with Crippen molar-refractivity contribution in [1.29, 1.82) is 0 Å². The topological polar surface area (TPSA) is 57.0 Å². The Balaban J connectivity index is 1.92. The van der Waals surface area contributed by atoms with Gasteiger partial charge in [-0.25, -0.2) is 0 Å². The number of hydrogen-bond donors (Lipinski definition) is 0. The van der Waals surface area contributed by atoms with Crippen LogP contribution >= 0.6 is 0 Å². The maximum atomic E-state index is 13.4. The number of para-hydroxylation sites is 1. The van der Waals surface area contributed by atoms with Gasteiger partial charge < -0.3 is 4.74 Å². The molecule has 1 atom stereocenters. The van der Waals surface area contributed by atoms with Crippen LogP contribution in [0.15, 0.2) is 66.7 Å². The molecule has 0 fully saturated rings. The minimum atomic E-state index is -1.18. The Kier molecular flexibility index (Phi) is 3.58. The molecular formula is C20H17N3O2. The van der Waals surface area contributed by atoms with Gasteiger partial charge in [-0.3, -0.25) is 4.79 Å². The van der Waals surface area contributed by atoms with E-state index in [1.807, 2.05) is 66.7 Å². The molecule has 3 aromatic carbocycles. The van der Waals surface area contributed by atoms with E-state index in [1.54, 1.807) is 14.0 Å². The van der Waals surface area contributed by atoms with Gasteiger partial charge in [-0.1, -0.05) is 59.8 Å². The fraction of sp³-hybridized carbons (Fsp3) is 0.150. The van der Waals surface area contributed by atoms with Crippen molar-refractivity contribution < 1.29 is 9.53 Å². The Hall–Kier alpha value is -3.05. The maximum absolute atomic E-state index is 13.4. The summed E-state index contributed by atoms with van der Waals surface area (Å²) >= 11 is 0. The summed E-state index contributed by atoms with van der Waals surface area (Å²) in [5.41, 5.74) is 0.957. The normalized spacial score (nSPS) is 13.8. The van der Waals surface area contributed by atoms with Crippen LogP contribution in [0, 0.1) is 0 Å². The molecule has 0 saturated heterocycles. The second-order valence-corrected chi connectivity index (χ2v) is 6.06. The van der Waals surface area contributed by atoms with Gasteiger partial charge in [0.25, 0.3) is 5.91 Å². The minimum Gasteiger partial charge on any atom is -0.364 e. The number of aromatic nitrogens is 3. The van der Waals surface area contributed by atoms with Crippen LogP contribution in [0.5, 0.6) is 0 Å². The van der Waals surface area contributed by atoms with Gasteiger partial charge in [0.2, 0.25) is 0 Å². The summed E-state index contributed by atoms with van der Waals surface area (Å²) in [5.74, 6) is -0.278. The third-order valence-electron chi connectivity index (χ3n) is 4.66. The minimum absolute atomic E-state index is 0.278. The molecule has 0 amide bonds. The molecule has 1 heterocycles. The molecule has 0 aliphatic heterocycles. The van der Waals surface area contributed by atoms with Crippen molar-refractivity contribution in [2.24, 2.45) is 0 Å². The third kappa shape index (κ3) is 2.32. The quantitative estimate of drug-likeness (QED) is 0.573. The van der Waals surface area contributed by atoms with Crippen LogP contribution < -0.4 is 0 Å². The van der Waals surface area contributed by atoms with Crippen LogP contribution in [0.4, 0.5) is 0 Å². The highest BCUT2D eigenvalue weighted by molar-refractivity contribution is 5.98. The van der Waals surface area contributed by atoms with Crippen LogP contribution in [-0.4, -0.2) is 28.0 Å². The Morgan fingerprint density at radius 2 is 1.72 bits per heavy atom. The number of fused-ring (bicyclic) bond motifs is 2. The highest BCUT2D eigenvalue weighted by atomic mass is 16.5. The SMILES string of the molecule is COC(C)(C(=O)n1nnc2ccccc21)c1cccc2ccccc12. The lowest BCUT2D eigenvalue weighted by molar-refractivity contribution is 0.00177. The molecule has 0 aliphatic rings. The Bertz CT molecular complexity index is 1080. The first-order valence-electron chi connectivity index (χ1n) is 8.04. The van der Waals surface area contributed by atoms with E-state index in [-0.39, 0.29) is 5.91 Å². The number of hydrogen-bond acceptors (Lipinski definition) is 4. The summed E-state index contributed by atoms with van der Waals surface area (Å²) in [6, 6.07) is 21.2. The summed E-state index contributed by atoms with van der Waals surface area (Å²) < 4.78 is 7.05. The summed E-state index contributed by atoms with van der Waals surface area (Å²) in [7, 11) is 1.54. The van der Waals surface area contributed by atoms with E-state index >= 15 is 0 Å². The van der Waals surface area contributed by atoms with Crippen molar-refractivity contribution in [3.05, 3.63) is 72.3 Å². The van der Waals surface area contributed by atoms with Crippen molar-refractivity contribution >= 4 is 27.7 Å². The fourth-order valence-electron chi connectivity index (χ4n) is 3.17. The first kappa shape index (κ1) is 15.5. The zero-order valence-electron chi connectivity index (χ0n) is 14.0. The lowest BCUT2D eigenvalue weighted by Crippen LogP contribution is -2.39. The Labute approximate surface area is 144 Å². The van der Waals surface area contributed by atoms with E-state index < -0.39 is 5.60 Å². The van der Waals surface area contributed by atoms with Gasteiger partial charge in [0.15, 0.2) is 5.60 Å². The van der Waals surface area contributed by atoms with Crippen LogP contribution in [0.2, 0.25) is 0 Å². The van der Waals surface area contributed by atoms with Gasteiger partial charge in [0.05, 0.1) is 5.52 Å². The van der Waals surface area contributed by atoms with Crippen LogP contribution in [0.3, 0.4) is 0 Å². The van der Waals surface area contributed by atoms with Crippen molar-refractivity contribution in [3.8, 4) is 0 Å². The van der Waals surface area contributed by atoms with E-state index in [4.69, 9.17) is 4.74 Å². The molecule has 0 aliphatic carbocycles. The van der Waals surface area contributed by atoms with Crippen LogP contribution in [0.1, 0.15) is 17.3 Å². The highest BCUT2D eigenvalue weighted by Crippen LogP contribution is 2.33. The van der Waals surface area contributed by atoms with Crippen molar-refractivity contribution in [1.82, 2.24) is 15.0 Å². The number of ether oxygens (including phenoxy) is 1. The summed E-state index contributed by atoms with van der Waals surface area (Å²) in [5, 5.41) is 10.2. The van der Waals surface area contributed by atoms with Gasteiger partial charge >= 0.3 is 0 Å². The molecule has 0 bridgehead atoms. The first-order chi connectivity index (χ1) is 12.1. The van der Waals surface area contributed by atoms with E-state index in [9.17, 15) is 4.79 Å². The molecule has 4 aromatic rings. The third-order valence-corrected chi connectivity index (χ3v) is 4.66. The highest BCUT2D eigenvalue weighted by Gasteiger charge is 2.39. The molecule has 124 valence electrons. The lowest BCUT2D eigenvalue weighted by Gasteiger charge is -2.28. The predicted octanol–water partition coefficient (Wildman–Crippen LogP) is 3.79. The monoisotopic (exact) mass is 331 g/mol. The summed E-state index contributed by atoms with van der Waals surface area (Å²) in [6.07, 6.45) is 0. The number of rotatable bonds is 3. The smallest absolute Gasteiger partial charge is 0.285 e. The fourth-order valence-corrected chi connectivity index (χ4v) is 3.17. The molecule has 0 saturated carbocycles. The van der Waals surface area contributed by atoms with Gasteiger partial charge in [0.1, 0.15) is 5.52 Å². The number of carbonyl (C=O) groups is 1. The Morgan fingerprint density at radius 3 is 2.56 bits per heavy atom. The second kappa shape index (κ2) is 5.79. The molecular weight excluding hydrogens is 314 g/mol. The van der Waals surface area contributed by atoms with Gasteiger partial charge in [-0.15, -0.1) is 5.10 Å². The predicted molar refractivity (Wildman–Crippen MR) is 96.5 cm³/mol. The van der Waals surface area contributed by atoms with Gasteiger partial charge in [0, 0.05) is 12.7 Å². The van der Waals surface area contributed by atoms with Crippen LogP contribution in [-0.2, 0) is 10.3 Å². The van der Waals surface area contributed by atoms with Crippen LogP contribution in [0.25, 0.3) is 21.8 Å². The number of nitrogens with zero attached hydrogens (tertiary/aromatic N) is 3. The van der Waals surface area contributed by atoms with Crippen molar-refractivity contribution in [2.75, 3.05) is 7.11 Å². The largest absolute Gasteiger partial charge is 0.364 e. The molecule has 1 unspecified atom stereocenters. The lowest BCUT2D eigenvalue weighted by atomic mass is 9.90. The average Bonchev–Trinajstić information content (AvgIpc) is 3.10. The zero-order valence-corrected chi connectivity index (χ0v) is 14.0. The van der Waals surface area contributed by atoms with E-state index in [2.05, 4.69) is 10.3 Å². The Morgan fingerprint density at radius 1 is 1.00 bits per heavy atom. The molecule has 25 heavy (non-hydrogen) atoms. The molecule has 1 aromatic heterocycles. The molecule has 0 spiro atoms. The number of benzene rings is 3. The molecule has 0 radical (unpaired) electrons. The first-order valence-corrected chi connectivity index (χ1v) is 8.04. The number of methoxy groups -OCH3 is 1. The van der Waals surface area contributed by atoms with Crippen molar-refractivity contribution in [3.63, 3.8) is 0 Å². The molecule has 4 rings (SSSR count). The van der Waals surface area contributed by atoms with E-state index in [0.29, 0.717) is 11.0 Å². The molecule has 5 nitrogen and oxygen atoms in total.